The summed E-state index contributed by atoms with van der Waals surface area (Å²) in [6.07, 6.45) is 6.68. The number of carbonyl (C=O) groups is 1. The SMILES string of the molecule is CSc1ccc(Cl)c(C(=O)N(C(C)C)C2CCCC2)c1. The van der Waals surface area contributed by atoms with Gasteiger partial charge in [0.15, 0.2) is 0 Å². The first-order valence-corrected chi connectivity index (χ1v) is 8.81. The first-order chi connectivity index (χ1) is 9.54. The zero-order valence-electron chi connectivity index (χ0n) is 12.4. The number of benzene rings is 1. The summed E-state index contributed by atoms with van der Waals surface area (Å²) in [5.41, 5.74) is 0.638. The molecule has 1 fully saturated rings. The lowest BCUT2D eigenvalue weighted by molar-refractivity contribution is 0.0613. The molecule has 0 unspecified atom stereocenters. The van der Waals surface area contributed by atoms with Crippen LogP contribution in [0.1, 0.15) is 49.9 Å². The van der Waals surface area contributed by atoms with Gasteiger partial charge in [-0.15, -0.1) is 11.8 Å². The van der Waals surface area contributed by atoms with Crippen molar-refractivity contribution >= 4 is 29.3 Å². The number of carbonyl (C=O) groups excluding carboxylic acids is 1. The van der Waals surface area contributed by atoms with Crippen LogP contribution in [0.5, 0.6) is 0 Å². The second-order valence-electron chi connectivity index (χ2n) is 5.59. The van der Waals surface area contributed by atoms with E-state index in [-0.39, 0.29) is 11.9 Å². The van der Waals surface area contributed by atoms with Crippen LogP contribution < -0.4 is 0 Å². The quantitative estimate of drug-likeness (QED) is 0.740. The molecule has 0 aromatic heterocycles. The van der Waals surface area contributed by atoms with E-state index >= 15 is 0 Å². The molecule has 0 atom stereocenters. The smallest absolute Gasteiger partial charge is 0.255 e. The van der Waals surface area contributed by atoms with Crippen LogP contribution in [0.15, 0.2) is 23.1 Å². The Bertz CT molecular complexity index is 483. The molecule has 2 nitrogen and oxygen atoms in total. The van der Waals surface area contributed by atoms with Crippen molar-refractivity contribution in [2.24, 2.45) is 0 Å². The van der Waals surface area contributed by atoms with Crippen LogP contribution in [0.4, 0.5) is 0 Å². The maximum Gasteiger partial charge on any atom is 0.255 e. The Hall–Kier alpha value is -0.670. The molecule has 1 aromatic carbocycles. The van der Waals surface area contributed by atoms with Crippen LogP contribution in [0.2, 0.25) is 5.02 Å². The van der Waals surface area contributed by atoms with Crippen molar-refractivity contribution in [1.29, 1.82) is 0 Å². The Morgan fingerprint density at radius 2 is 2.00 bits per heavy atom. The number of halogens is 1. The minimum absolute atomic E-state index is 0.0767. The molecule has 0 aliphatic heterocycles. The molecule has 1 amide bonds. The van der Waals surface area contributed by atoms with E-state index in [1.54, 1.807) is 11.8 Å². The van der Waals surface area contributed by atoms with E-state index < -0.39 is 0 Å². The molecule has 4 heteroatoms. The van der Waals surface area contributed by atoms with E-state index in [2.05, 4.69) is 13.8 Å². The molecule has 0 heterocycles. The van der Waals surface area contributed by atoms with Crippen molar-refractivity contribution in [1.82, 2.24) is 4.90 Å². The van der Waals surface area contributed by atoms with Crippen molar-refractivity contribution in [3.8, 4) is 0 Å². The second kappa shape index (κ2) is 6.86. The van der Waals surface area contributed by atoms with Gasteiger partial charge in [-0.25, -0.2) is 0 Å². The Morgan fingerprint density at radius 1 is 1.35 bits per heavy atom. The highest BCUT2D eigenvalue weighted by atomic mass is 35.5. The van der Waals surface area contributed by atoms with Gasteiger partial charge in [0.2, 0.25) is 0 Å². The van der Waals surface area contributed by atoms with Gasteiger partial charge in [-0.05, 0) is 51.1 Å². The van der Waals surface area contributed by atoms with Gasteiger partial charge >= 0.3 is 0 Å². The minimum atomic E-state index is 0.0767. The molecule has 0 N–H and O–H groups in total. The van der Waals surface area contributed by atoms with E-state index in [0.29, 0.717) is 16.6 Å². The van der Waals surface area contributed by atoms with Gasteiger partial charge in [0.1, 0.15) is 0 Å². The average molecular weight is 312 g/mol. The van der Waals surface area contributed by atoms with Gasteiger partial charge in [-0.1, -0.05) is 24.4 Å². The van der Waals surface area contributed by atoms with Crippen LogP contribution in [-0.4, -0.2) is 29.1 Å². The lowest BCUT2D eigenvalue weighted by atomic mass is 10.1. The van der Waals surface area contributed by atoms with Crippen molar-refractivity contribution in [2.75, 3.05) is 6.26 Å². The predicted octanol–water partition coefficient (Wildman–Crippen LogP) is 4.86. The van der Waals surface area contributed by atoms with E-state index in [4.69, 9.17) is 11.6 Å². The molecule has 0 saturated heterocycles. The normalized spacial score (nSPS) is 15.8. The molecule has 0 bridgehead atoms. The predicted molar refractivity (Wildman–Crippen MR) is 86.8 cm³/mol. The van der Waals surface area contributed by atoms with Gasteiger partial charge in [0.25, 0.3) is 5.91 Å². The molecule has 20 heavy (non-hydrogen) atoms. The first kappa shape index (κ1) is 15.7. The summed E-state index contributed by atoms with van der Waals surface area (Å²) in [4.78, 5) is 16.0. The molecule has 2 rings (SSSR count). The Morgan fingerprint density at radius 3 is 2.55 bits per heavy atom. The van der Waals surface area contributed by atoms with Gasteiger partial charge in [-0.3, -0.25) is 4.79 Å². The number of thioether (sulfide) groups is 1. The van der Waals surface area contributed by atoms with Crippen LogP contribution in [0.3, 0.4) is 0 Å². The van der Waals surface area contributed by atoms with Crippen molar-refractivity contribution in [3.05, 3.63) is 28.8 Å². The molecule has 110 valence electrons. The third-order valence-corrected chi connectivity index (χ3v) is 4.97. The summed E-state index contributed by atoms with van der Waals surface area (Å²) in [5, 5.41) is 0.552. The number of amides is 1. The highest BCUT2D eigenvalue weighted by Gasteiger charge is 2.30. The van der Waals surface area contributed by atoms with Gasteiger partial charge in [0, 0.05) is 17.0 Å². The van der Waals surface area contributed by atoms with Crippen LogP contribution in [0, 0.1) is 0 Å². The topological polar surface area (TPSA) is 20.3 Å². The average Bonchev–Trinajstić information content (AvgIpc) is 2.92. The van der Waals surface area contributed by atoms with E-state index in [9.17, 15) is 4.79 Å². The Balaban J connectivity index is 2.31. The molecule has 1 saturated carbocycles. The Labute approximate surface area is 130 Å². The van der Waals surface area contributed by atoms with Gasteiger partial charge in [0.05, 0.1) is 10.6 Å². The van der Waals surface area contributed by atoms with Gasteiger partial charge < -0.3 is 4.90 Å². The number of rotatable bonds is 4. The van der Waals surface area contributed by atoms with Gasteiger partial charge in [-0.2, -0.15) is 0 Å². The van der Waals surface area contributed by atoms with Crippen molar-refractivity contribution in [3.63, 3.8) is 0 Å². The standard InChI is InChI=1S/C16H22ClNOS/c1-11(2)18(12-6-4-5-7-12)16(19)14-10-13(20-3)8-9-15(14)17/h8-12H,4-7H2,1-3H3. The fourth-order valence-corrected chi connectivity index (χ4v) is 3.58. The molecular weight excluding hydrogens is 290 g/mol. The fraction of sp³-hybridized carbons (Fsp3) is 0.562. The van der Waals surface area contributed by atoms with Crippen LogP contribution in [-0.2, 0) is 0 Å². The maximum atomic E-state index is 12.9. The molecule has 0 spiro atoms. The maximum absolute atomic E-state index is 12.9. The van der Waals surface area contributed by atoms with E-state index in [1.165, 1.54) is 12.8 Å². The van der Waals surface area contributed by atoms with Crippen molar-refractivity contribution in [2.45, 2.75) is 56.5 Å². The van der Waals surface area contributed by atoms with Crippen molar-refractivity contribution < 1.29 is 4.79 Å². The first-order valence-electron chi connectivity index (χ1n) is 7.20. The molecule has 0 radical (unpaired) electrons. The summed E-state index contributed by atoms with van der Waals surface area (Å²) < 4.78 is 0. The summed E-state index contributed by atoms with van der Waals surface area (Å²) in [7, 11) is 0. The molecule has 1 aliphatic carbocycles. The van der Waals surface area contributed by atoms with E-state index in [0.717, 1.165) is 17.7 Å². The fourth-order valence-electron chi connectivity index (χ4n) is 2.94. The summed E-state index contributed by atoms with van der Waals surface area (Å²) in [6, 6.07) is 6.28. The van der Waals surface area contributed by atoms with Crippen LogP contribution in [0.25, 0.3) is 0 Å². The molecule has 1 aromatic rings. The summed E-state index contributed by atoms with van der Waals surface area (Å²) >= 11 is 7.88. The highest BCUT2D eigenvalue weighted by Crippen LogP contribution is 2.30. The summed E-state index contributed by atoms with van der Waals surface area (Å²) in [6.45, 7) is 4.17. The third kappa shape index (κ3) is 3.32. The molecular formula is C16H22ClNOS. The zero-order chi connectivity index (χ0) is 14.7. The monoisotopic (exact) mass is 311 g/mol. The summed E-state index contributed by atoms with van der Waals surface area (Å²) in [5.74, 6) is 0.0767. The molecule has 1 aliphatic rings. The largest absolute Gasteiger partial charge is 0.333 e. The number of nitrogens with zero attached hydrogens (tertiary/aromatic N) is 1. The number of hydrogen-bond donors (Lipinski definition) is 0. The lowest BCUT2D eigenvalue weighted by Gasteiger charge is -2.33. The van der Waals surface area contributed by atoms with Crippen LogP contribution >= 0.6 is 23.4 Å². The Kier molecular flexibility index (Phi) is 5.39. The second-order valence-corrected chi connectivity index (χ2v) is 6.88. The van der Waals surface area contributed by atoms with E-state index in [1.807, 2.05) is 29.4 Å². The zero-order valence-corrected chi connectivity index (χ0v) is 13.9. The third-order valence-electron chi connectivity index (χ3n) is 3.91. The number of hydrogen-bond acceptors (Lipinski definition) is 2. The highest BCUT2D eigenvalue weighted by molar-refractivity contribution is 7.98. The minimum Gasteiger partial charge on any atom is -0.333 e. The lowest BCUT2D eigenvalue weighted by Crippen LogP contribution is -2.43.